The minimum absolute atomic E-state index is 0.174. The van der Waals surface area contributed by atoms with Crippen LogP contribution in [0.4, 0.5) is 5.69 Å². The molecule has 0 saturated heterocycles. The van der Waals surface area contributed by atoms with Gasteiger partial charge in [0.05, 0.1) is 24.4 Å². The van der Waals surface area contributed by atoms with Gasteiger partial charge in [-0.2, -0.15) is 0 Å². The first-order valence-electron chi connectivity index (χ1n) is 10.6. The van der Waals surface area contributed by atoms with E-state index in [2.05, 4.69) is 10.6 Å². The van der Waals surface area contributed by atoms with Gasteiger partial charge in [-0.25, -0.2) is 0 Å². The quantitative estimate of drug-likeness (QED) is 0.500. The Morgan fingerprint density at radius 1 is 0.906 bits per heavy atom. The summed E-state index contributed by atoms with van der Waals surface area (Å²) in [5, 5.41) is 5.83. The monoisotopic (exact) mass is 432 g/mol. The number of anilines is 1. The average Bonchev–Trinajstić information content (AvgIpc) is 2.83. The molecule has 0 aliphatic rings. The molecule has 0 heterocycles. The number of carbonyl (C=O) groups excluding carboxylic acids is 2. The summed E-state index contributed by atoms with van der Waals surface area (Å²) < 4.78 is 11.1. The lowest BCUT2D eigenvalue weighted by Crippen LogP contribution is -2.34. The number of rotatable bonds is 9. The molecule has 3 aromatic carbocycles. The molecule has 3 rings (SSSR count). The first-order valence-corrected chi connectivity index (χ1v) is 10.6. The fourth-order valence-corrected chi connectivity index (χ4v) is 3.26. The lowest BCUT2D eigenvalue weighted by atomic mass is 10.1. The summed E-state index contributed by atoms with van der Waals surface area (Å²) >= 11 is 0. The van der Waals surface area contributed by atoms with E-state index in [-0.39, 0.29) is 17.9 Å². The number of para-hydroxylation sites is 1. The maximum atomic E-state index is 12.9. The highest BCUT2D eigenvalue weighted by Crippen LogP contribution is 2.22. The molecule has 3 aromatic rings. The summed E-state index contributed by atoms with van der Waals surface area (Å²) in [6.45, 7) is 3.79. The van der Waals surface area contributed by atoms with E-state index in [0.717, 1.165) is 5.56 Å². The van der Waals surface area contributed by atoms with Crippen molar-refractivity contribution < 1.29 is 19.1 Å². The number of hydrogen-bond acceptors (Lipinski definition) is 4. The van der Waals surface area contributed by atoms with Gasteiger partial charge in [-0.3, -0.25) is 9.59 Å². The molecule has 166 valence electrons. The zero-order chi connectivity index (χ0) is 22.9. The van der Waals surface area contributed by atoms with Crippen molar-refractivity contribution in [2.45, 2.75) is 32.4 Å². The Bertz CT molecular complexity index is 1050. The summed E-state index contributed by atoms with van der Waals surface area (Å²) in [6, 6.07) is 23.6. The number of amides is 2. The summed E-state index contributed by atoms with van der Waals surface area (Å²) in [4.78, 5) is 25.8. The first-order chi connectivity index (χ1) is 15.5. The van der Waals surface area contributed by atoms with Crippen molar-refractivity contribution in [1.82, 2.24) is 5.32 Å². The van der Waals surface area contributed by atoms with Crippen molar-refractivity contribution in [3.63, 3.8) is 0 Å². The second kappa shape index (κ2) is 11.0. The molecule has 0 radical (unpaired) electrons. The van der Waals surface area contributed by atoms with E-state index >= 15 is 0 Å². The van der Waals surface area contributed by atoms with Crippen LogP contribution in [0.5, 0.6) is 11.5 Å². The van der Waals surface area contributed by atoms with Gasteiger partial charge in [0.15, 0.2) is 6.10 Å². The van der Waals surface area contributed by atoms with Gasteiger partial charge < -0.3 is 20.1 Å². The molecule has 0 spiro atoms. The van der Waals surface area contributed by atoms with E-state index in [9.17, 15) is 9.59 Å². The van der Waals surface area contributed by atoms with Gasteiger partial charge in [0.2, 0.25) is 0 Å². The van der Waals surface area contributed by atoms with Crippen LogP contribution in [-0.2, 0) is 4.79 Å². The minimum atomic E-state index is -0.721. The largest absolute Gasteiger partial charge is 0.497 e. The Morgan fingerprint density at radius 3 is 2.31 bits per heavy atom. The molecule has 0 aliphatic heterocycles. The van der Waals surface area contributed by atoms with Crippen LogP contribution in [0.15, 0.2) is 78.9 Å². The van der Waals surface area contributed by atoms with Crippen LogP contribution in [0.3, 0.4) is 0 Å². The average molecular weight is 433 g/mol. The molecule has 2 atom stereocenters. The molecular formula is C26H28N2O4. The van der Waals surface area contributed by atoms with E-state index in [1.165, 1.54) is 0 Å². The van der Waals surface area contributed by atoms with Gasteiger partial charge in [0.1, 0.15) is 11.5 Å². The van der Waals surface area contributed by atoms with Gasteiger partial charge in [-0.15, -0.1) is 0 Å². The summed E-state index contributed by atoms with van der Waals surface area (Å²) in [6.07, 6.45) is -0.260. The van der Waals surface area contributed by atoms with Gasteiger partial charge in [-0.05, 0) is 43.2 Å². The van der Waals surface area contributed by atoms with Crippen LogP contribution in [0, 0.1) is 0 Å². The van der Waals surface area contributed by atoms with E-state index in [1.807, 2.05) is 44.2 Å². The standard InChI is InChI=1S/C26H28N2O4/c1-4-24(32-21-14-10-13-20(17-21)31-3)26(30)28-23-16-9-8-15-22(23)25(29)27-18(2)19-11-6-5-7-12-19/h5-18,24H,4H2,1-3H3,(H,27,29)(H,28,30)/t18-,24+/m1/s1. The van der Waals surface area contributed by atoms with Crippen molar-refractivity contribution >= 4 is 17.5 Å². The van der Waals surface area contributed by atoms with E-state index in [4.69, 9.17) is 9.47 Å². The fourth-order valence-electron chi connectivity index (χ4n) is 3.26. The summed E-state index contributed by atoms with van der Waals surface area (Å²) in [7, 11) is 1.57. The zero-order valence-electron chi connectivity index (χ0n) is 18.5. The van der Waals surface area contributed by atoms with E-state index in [1.54, 1.807) is 55.6 Å². The molecule has 0 fully saturated rings. The number of hydrogen-bond donors (Lipinski definition) is 2. The number of nitrogens with one attached hydrogen (secondary N) is 2. The highest BCUT2D eigenvalue weighted by Gasteiger charge is 2.22. The molecule has 2 N–H and O–H groups in total. The Labute approximate surface area is 188 Å². The molecule has 6 heteroatoms. The van der Waals surface area contributed by atoms with Crippen LogP contribution in [0.25, 0.3) is 0 Å². The maximum Gasteiger partial charge on any atom is 0.265 e. The van der Waals surface area contributed by atoms with Gasteiger partial charge in [0, 0.05) is 6.07 Å². The number of benzene rings is 3. The summed E-state index contributed by atoms with van der Waals surface area (Å²) in [5.41, 5.74) is 1.82. The molecule has 2 amide bonds. The van der Waals surface area contributed by atoms with Crippen LogP contribution in [-0.4, -0.2) is 25.0 Å². The lowest BCUT2D eigenvalue weighted by Gasteiger charge is -2.19. The molecule has 0 unspecified atom stereocenters. The topological polar surface area (TPSA) is 76.7 Å². The van der Waals surface area contributed by atoms with Crippen molar-refractivity contribution in [2.24, 2.45) is 0 Å². The van der Waals surface area contributed by atoms with Gasteiger partial charge >= 0.3 is 0 Å². The van der Waals surface area contributed by atoms with E-state index in [0.29, 0.717) is 29.2 Å². The molecule has 32 heavy (non-hydrogen) atoms. The highest BCUT2D eigenvalue weighted by atomic mass is 16.5. The Balaban J connectivity index is 1.71. The van der Waals surface area contributed by atoms with Gasteiger partial charge in [-0.1, -0.05) is 55.5 Å². The van der Waals surface area contributed by atoms with Crippen molar-refractivity contribution in [3.05, 3.63) is 90.0 Å². The van der Waals surface area contributed by atoms with Crippen LogP contribution in [0.2, 0.25) is 0 Å². The van der Waals surface area contributed by atoms with Crippen molar-refractivity contribution in [2.75, 3.05) is 12.4 Å². The number of carbonyl (C=O) groups is 2. The minimum Gasteiger partial charge on any atom is -0.497 e. The normalized spacial score (nSPS) is 12.3. The third-order valence-electron chi connectivity index (χ3n) is 5.06. The van der Waals surface area contributed by atoms with Gasteiger partial charge in [0.25, 0.3) is 11.8 Å². The third kappa shape index (κ3) is 5.88. The summed E-state index contributed by atoms with van der Waals surface area (Å²) in [5.74, 6) is 0.590. The highest BCUT2D eigenvalue weighted by molar-refractivity contribution is 6.04. The van der Waals surface area contributed by atoms with Crippen molar-refractivity contribution in [3.8, 4) is 11.5 Å². The second-order valence-corrected chi connectivity index (χ2v) is 7.33. The molecular weight excluding hydrogens is 404 g/mol. The Morgan fingerprint density at radius 2 is 1.59 bits per heavy atom. The fraction of sp³-hybridized carbons (Fsp3) is 0.231. The zero-order valence-corrected chi connectivity index (χ0v) is 18.5. The molecule has 0 aromatic heterocycles. The molecule has 6 nitrogen and oxygen atoms in total. The Hall–Kier alpha value is -3.80. The second-order valence-electron chi connectivity index (χ2n) is 7.33. The molecule has 0 saturated carbocycles. The van der Waals surface area contributed by atoms with E-state index < -0.39 is 6.10 Å². The van der Waals surface area contributed by atoms with Crippen LogP contribution < -0.4 is 20.1 Å². The van der Waals surface area contributed by atoms with Crippen molar-refractivity contribution in [1.29, 1.82) is 0 Å². The Kier molecular flexibility index (Phi) is 7.86. The first kappa shape index (κ1) is 22.9. The maximum absolute atomic E-state index is 12.9. The number of methoxy groups -OCH3 is 1. The SMILES string of the molecule is CC[C@H](Oc1cccc(OC)c1)C(=O)Nc1ccccc1C(=O)N[C@H](C)c1ccccc1. The lowest BCUT2D eigenvalue weighted by molar-refractivity contribution is -0.122. The number of ether oxygens (including phenoxy) is 2. The predicted molar refractivity (Wildman–Crippen MR) is 125 cm³/mol. The predicted octanol–water partition coefficient (Wildman–Crippen LogP) is 4.98. The molecule has 0 aliphatic carbocycles. The third-order valence-corrected chi connectivity index (χ3v) is 5.06. The smallest absolute Gasteiger partial charge is 0.265 e. The van der Waals surface area contributed by atoms with Crippen LogP contribution >= 0.6 is 0 Å². The van der Waals surface area contributed by atoms with Crippen LogP contribution in [0.1, 0.15) is 42.2 Å². The molecule has 0 bridgehead atoms.